The van der Waals surface area contributed by atoms with Gasteiger partial charge in [0.15, 0.2) is 0 Å². The summed E-state index contributed by atoms with van der Waals surface area (Å²) in [5.74, 6) is -0.602. The molecule has 20 heavy (non-hydrogen) atoms. The van der Waals surface area contributed by atoms with Crippen molar-refractivity contribution in [2.45, 2.75) is 6.61 Å². The molecular weight excluding hydrogens is 268 g/mol. The topological polar surface area (TPSA) is 48.4 Å². The average Bonchev–Trinajstić information content (AvgIpc) is 2.46. The van der Waals surface area contributed by atoms with E-state index < -0.39 is 12.6 Å². The Kier molecular flexibility index (Phi) is 4.24. The second kappa shape index (κ2) is 6.10. The van der Waals surface area contributed by atoms with Crippen LogP contribution in [0.5, 0.6) is 5.75 Å². The lowest BCUT2D eigenvalue weighted by Crippen LogP contribution is -2.06. The minimum absolute atomic E-state index is 0.0272. The molecule has 0 aliphatic carbocycles. The fourth-order valence-electron chi connectivity index (χ4n) is 1.78. The zero-order valence-corrected chi connectivity index (χ0v) is 10.5. The molecule has 0 spiro atoms. The number of hydrogen-bond acceptors (Lipinski definition) is 4. The standard InChI is InChI=1S/C14H11F2NO3/c1-19-13(18)10-6-7-17-8-11(10)9-4-2-3-5-12(9)20-14(15)16/h2-8,14H,1H3. The highest BCUT2D eigenvalue weighted by molar-refractivity contribution is 5.97. The SMILES string of the molecule is COC(=O)c1ccncc1-c1ccccc1OC(F)F. The number of carbonyl (C=O) groups excluding carboxylic acids is 1. The van der Waals surface area contributed by atoms with E-state index in [1.54, 1.807) is 18.2 Å². The van der Waals surface area contributed by atoms with Crippen LogP contribution in [0.25, 0.3) is 11.1 Å². The first-order chi connectivity index (χ1) is 9.63. The van der Waals surface area contributed by atoms with Crippen molar-refractivity contribution in [1.82, 2.24) is 4.98 Å². The highest BCUT2D eigenvalue weighted by Gasteiger charge is 2.17. The number of rotatable bonds is 4. The molecule has 0 radical (unpaired) electrons. The molecule has 2 rings (SSSR count). The maximum Gasteiger partial charge on any atom is 0.387 e. The smallest absolute Gasteiger partial charge is 0.387 e. The second-order valence-electron chi connectivity index (χ2n) is 3.79. The molecule has 0 aliphatic heterocycles. The van der Waals surface area contributed by atoms with Crippen LogP contribution in [0.15, 0.2) is 42.7 Å². The van der Waals surface area contributed by atoms with Crippen molar-refractivity contribution in [2.75, 3.05) is 7.11 Å². The number of esters is 1. The van der Waals surface area contributed by atoms with Crippen LogP contribution < -0.4 is 4.74 Å². The predicted octanol–water partition coefficient (Wildman–Crippen LogP) is 3.14. The van der Waals surface area contributed by atoms with E-state index in [0.717, 1.165) is 0 Å². The fraction of sp³-hybridized carbons (Fsp3) is 0.143. The molecule has 0 saturated heterocycles. The number of hydrogen-bond donors (Lipinski definition) is 0. The van der Waals surface area contributed by atoms with Gasteiger partial charge in [0.25, 0.3) is 0 Å². The molecule has 0 aliphatic rings. The number of halogens is 2. The minimum atomic E-state index is -2.95. The Bertz CT molecular complexity index is 617. The summed E-state index contributed by atoms with van der Waals surface area (Å²) >= 11 is 0. The van der Waals surface area contributed by atoms with Crippen molar-refractivity contribution < 1.29 is 23.0 Å². The normalized spacial score (nSPS) is 10.4. The Morgan fingerprint density at radius 2 is 1.95 bits per heavy atom. The van der Waals surface area contributed by atoms with Crippen LogP contribution in [0, 0.1) is 0 Å². The Morgan fingerprint density at radius 3 is 2.65 bits per heavy atom. The van der Waals surface area contributed by atoms with Crippen molar-refractivity contribution in [3.63, 3.8) is 0 Å². The lowest BCUT2D eigenvalue weighted by Gasteiger charge is -2.12. The van der Waals surface area contributed by atoms with Crippen LogP contribution in [0.4, 0.5) is 8.78 Å². The molecule has 1 heterocycles. The number of ether oxygens (including phenoxy) is 2. The van der Waals surface area contributed by atoms with Gasteiger partial charge in [0.1, 0.15) is 5.75 Å². The molecule has 0 amide bonds. The quantitative estimate of drug-likeness (QED) is 0.807. The Labute approximate surface area is 114 Å². The maximum absolute atomic E-state index is 12.4. The molecule has 6 heteroatoms. The average molecular weight is 279 g/mol. The van der Waals surface area contributed by atoms with Gasteiger partial charge in [-0.1, -0.05) is 18.2 Å². The summed E-state index contributed by atoms with van der Waals surface area (Å²) in [6, 6.07) is 7.65. The van der Waals surface area contributed by atoms with Crippen molar-refractivity contribution in [1.29, 1.82) is 0 Å². The zero-order valence-electron chi connectivity index (χ0n) is 10.5. The van der Waals surface area contributed by atoms with Gasteiger partial charge in [0.05, 0.1) is 12.7 Å². The van der Waals surface area contributed by atoms with E-state index in [4.69, 9.17) is 0 Å². The van der Waals surface area contributed by atoms with Gasteiger partial charge in [-0.25, -0.2) is 4.79 Å². The van der Waals surface area contributed by atoms with E-state index >= 15 is 0 Å². The largest absolute Gasteiger partial charge is 0.465 e. The van der Waals surface area contributed by atoms with E-state index in [2.05, 4.69) is 14.5 Å². The van der Waals surface area contributed by atoms with Crippen LogP contribution in [0.2, 0.25) is 0 Å². The molecule has 0 unspecified atom stereocenters. The van der Waals surface area contributed by atoms with Gasteiger partial charge in [-0.05, 0) is 12.1 Å². The third-order valence-corrected chi connectivity index (χ3v) is 2.62. The summed E-state index contributed by atoms with van der Waals surface area (Å²) in [7, 11) is 1.24. The van der Waals surface area contributed by atoms with Crippen molar-refractivity contribution in [3.05, 3.63) is 48.3 Å². The number of methoxy groups -OCH3 is 1. The zero-order chi connectivity index (χ0) is 14.5. The first kappa shape index (κ1) is 13.9. The van der Waals surface area contributed by atoms with Crippen LogP contribution in [-0.4, -0.2) is 24.7 Å². The molecule has 1 aromatic heterocycles. The first-order valence-corrected chi connectivity index (χ1v) is 5.70. The molecule has 0 N–H and O–H groups in total. The van der Waals surface area contributed by atoms with Gasteiger partial charge >= 0.3 is 12.6 Å². The number of carbonyl (C=O) groups is 1. The molecule has 0 saturated carbocycles. The van der Waals surface area contributed by atoms with Gasteiger partial charge in [-0.15, -0.1) is 0 Å². The van der Waals surface area contributed by atoms with Crippen LogP contribution in [0.3, 0.4) is 0 Å². The third kappa shape index (κ3) is 2.90. The summed E-state index contributed by atoms with van der Waals surface area (Å²) < 4.78 is 33.9. The van der Waals surface area contributed by atoms with E-state index in [-0.39, 0.29) is 11.3 Å². The van der Waals surface area contributed by atoms with Crippen LogP contribution in [0.1, 0.15) is 10.4 Å². The number of aromatic nitrogens is 1. The number of para-hydroxylation sites is 1. The summed E-state index contributed by atoms with van der Waals surface area (Å²) in [6.45, 7) is -2.95. The van der Waals surface area contributed by atoms with E-state index in [1.165, 1.54) is 31.6 Å². The number of nitrogens with zero attached hydrogens (tertiary/aromatic N) is 1. The van der Waals surface area contributed by atoms with Gasteiger partial charge in [0, 0.05) is 23.5 Å². The Balaban J connectivity index is 2.54. The molecule has 0 fully saturated rings. The second-order valence-corrected chi connectivity index (χ2v) is 3.79. The van der Waals surface area contributed by atoms with Crippen LogP contribution in [-0.2, 0) is 4.74 Å². The summed E-state index contributed by atoms with van der Waals surface area (Å²) in [5, 5.41) is 0. The summed E-state index contributed by atoms with van der Waals surface area (Å²) in [5.41, 5.74) is 0.949. The Hall–Kier alpha value is -2.50. The monoisotopic (exact) mass is 279 g/mol. The molecule has 0 atom stereocenters. The number of alkyl halides is 2. The molecule has 2 aromatic rings. The van der Waals surface area contributed by atoms with Gasteiger partial charge < -0.3 is 9.47 Å². The summed E-state index contributed by atoms with van der Waals surface area (Å²) in [4.78, 5) is 15.6. The lowest BCUT2D eigenvalue weighted by atomic mass is 10.0. The molecule has 0 bridgehead atoms. The minimum Gasteiger partial charge on any atom is -0.465 e. The summed E-state index contributed by atoms with van der Waals surface area (Å²) in [6.07, 6.45) is 2.83. The predicted molar refractivity (Wildman–Crippen MR) is 67.6 cm³/mol. The maximum atomic E-state index is 12.4. The van der Waals surface area contributed by atoms with Gasteiger partial charge in [-0.2, -0.15) is 8.78 Å². The lowest BCUT2D eigenvalue weighted by molar-refractivity contribution is -0.0494. The third-order valence-electron chi connectivity index (χ3n) is 2.62. The van der Waals surface area contributed by atoms with E-state index in [0.29, 0.717) is 11.1 Å². The molecule has 4 nitrogen and oxygen atoms in total. The first-order valence-electron chi connectivity index (χ1n) is 5.70. The van der Waals surface area contributed by atoms with Gasteiger partial charge in [-0.3, -0.25) is 4.98 Å². The number of pyridine rings is 1. The molecular formula is C14H11F2NO3. The van der Waals surface area contributed by atoms with Gasteiger partial charge in [0.2, 0.25) is 0 Å². The van der Waals surface area contributed by atoms with Crippen molar-refractivity contribution in [2.24, 2.45) is 0 Å². The van der Waals surface area contributed by atoms with E-state index in [9.17, 15) is 13.6 Å². The highest BCUT2D eigenvalue weighted by atomic mass is 19.3. The highest BCUT2D eigenvalue weighted by Crippen LogP contribution is 2.32. The van der Waals surface area contributed by atoms with Crippen LogP contribution >= 0.6 is 0 Å². The number of benzene rings is 1. The van der Waals surface area contributed by atoms with Crippen molar-refractivity contribution in [3.8, 4) is 16.9 Å². The van der Waals surface area contributed by atoms with Crippen molar-refractivity contribution >= 4 is 5.97 Å². The van der Waals surface area contributed by atoms with E-state index in [1.807, 2.05) is 0 Å². The fourth-order valence-corrected chi connectivity index (χ4v) is 1.78. The Morgan fingerprint density at radius 1 is 1.20 bits per heavy atom. The molecule has 104 valence electrons. The molecule has 1 aromatic carbocycles.